The van der Waals surface area contributed by atoms with E-state index in [1.807, 2.05) is 25.2 Å². The predicted octanol–water partition coefficient (Wildman–Crippen LogP) is 2.99. The largest absolute Gasteiger partial charge is 0.494 e. The molecule has 0 radical (unpaired) electrons. The standard InChI is InChI=1S/C27H30FN7O3/c1-33-17-30-24(18-3-5-19(28)6-4-18)25(33)26-29-16-22(31-26)27(37)32-21-8-7-20(15-23(21)38-2)35-11-9-34(10-12-35)13-14-36/h3-8,15-17,36H,9-14H2,1-2H3,(H,29,31)(H,32,37). The first-order valence-corrected chi connectivity index (χ1v) is 12.4. The van der Waals surface area contributed by atoms with Gasteiger partial charge in [-0.3, -0.25) is 9.69 Å². The molecule has 1 aliphatic heterocycles. The summed E-state index contributed by atoms with van der Waals surface area (Å²) in [5.41, 5.74) is 3.88. The Bertz CT molecular complexity index is 1410. The number of aryl methyl sites for hydroxylation is 1. The Kier molecular flexibility index (Phi) is 7.38. The van der Waals surface area contributed by atoms with E-state index in [1.165, 1.54) is 18.3 Å². The molecular formula is C27H30FN7O3. The van der Waals surface area contributed by atoms with Crippen LogP contribution in [0.4, 0.5) is 15.8 Å². The number of H-pyrrole nitrogens is 1. The number of imidazole rings is 2. The maximum absolute atomic E-state index is 13.4. The number of anilines is 2. The molecular weight excluding hydrogens is 489 g/mol. The van der Waals surface area contributed by atoms with Crippen molar-refractivity contribution in [2.24, 2.45) is 7.05 Å². The molecule has 0 saturated carbocycles. The number of aromatic nitrogens is 4. The maximum atomic E-state index is 13.4. The van der Waals surface area contributed by atoms with Gasteiger partial charge in [0.2, 0.25) is 0 Å². The van der Waals surface area contributed by atoms with Crippen LogP contribution in [0.5, 0.6) is 5.75 Å². The maximum Gasteiger partial charge on any atom is 0.273 e. The predicted molar refractivity (Wildman–Crippen MR) is 143 cm³/mol. The van der Waals surface area contributed by atoms with Gasteiger partial charge in [-0.15, -0.1) is 0 Å². The number of amides is 1. The summed E-state index contributed by atoms with van der Waals surface area (Å²) in [5.74, 6) is 0.334. The number of benzene rings is 2. The van der Waals surface area contributed by atoms with Gasteiger partial charge in [-0.05, 0) is 36.4 Å². The van der Waals surface area contributed by atoms with Crippen molar-refractivity contribution in [1.82, 2.24) is 24.4 Å². The molecule has 0 unspecified atom stereocenters. The minimum atomic E-state index is -0.363. The van der Waals surface area contributed by atoms with E-state index in [1.54, 1.807) is 30.1 Å². The molecule has 4 aromatic rings. The lowest BCUT2D eigenvalue weighted by Gasteiger charge is -2.36. The Labute approximate surface area is 219 Å². The Morgan fingerprint density at radius 3 is 2.61 bits per heavy atom. The molecule has 0 spiro atoms. The zero-order valence-electron chi connectivity index (χ0n) is 21.3. The normalized spacial score (nSPS) is 14.1. The highest BCUT2D eigenvalue weighted by Gasteiger charge is 2.21. The van der Waals surface area contributed by atoms with Crippen LogP contribution in [0.1, 0.15) is 10.5 Å². The molecule has 2 aromatic carbocycles. The number of β-amino-alcohol motifs (C(OH)–C–C–N with tert-alkyl or cyclic N) is 1. The minimum absolute atomic E-state index is 0.164. The summed E-state index contributed by atoms with van der Waals surface area (Å²) < 4.78 is 20.8. The minimum Gasteiger partial charge on any atom is -0.494 e. The smallest absolute Gasteiger partial charge is 0.273 e. The Morgan fingerprint density at radius 1 is 1.13 bits per heavy atom. The van der Waals surface area contributed by atoms with Crippen molar-refractivity contribution in [3.8, 4) is 28.5 Å². The van der Waals surface area contributed by atoms with Crippen LogP contribution in [-0.2, 0) is 7.05 Å². The molecule has 198 valence electrons. The number of methoxy groups -OCH3 is 1. The molecule has 11 heteroatoms. The van der Waals surface area contributed by atoms with Crippen molar-refractivity contribution >= 4 is 17.3 Å². The third-order valence-electron chi connectivity index (χ3n) is 6.69. The summed E-state index contributed by atoms with van der Waals surface area (Å²) in [7, 11) is 3.40. The summed E-state index contributed by atoms with van der Waals surface area (Å²) in [6, 6.07) is 11.8. The molecule has 1 amide bonds. The number of hydrogen-bond acceptors (Lipinski definition) is 7. The number of nitrogens with zero attached hydrogens (tertiary/aromatic N) is 5. The quantitative estimate of drug-likeness (QED) is 0.328. The van der Waals surface area contributed by atoms with Gasteiger partial charge in [0.25, 0.3) is 5.91 Å². The highest BCUT2D eigenvalue weighted by Crippen LogP contribution is 2.32. The van der Waals surface area contributed by atoms with Gasteiger partial charge in [-0.1, -0.05) is 0 Å². The van der Waals surface area contributed by atoms with Crippen LogP contribution in [0.2, 0.25) is 0 Å². The number of hydrogen-bond donors (Lipinski definition) is 3. The summed E-state index contributed by atoms with van der Waals surface area (Å²) in [4.78, 5) is 29.5. The van der Waals surface area contributed by atoms with E-state index in [9.17, 15) is 9.18 Å². The number of aliphatic hydroxyl groups is 1. The van der Waals surface area contributed by atoms with Gasteiger partial charge in [-0.25, -0.2) is 14.4 Å². The molecule has 1 saturated heterocycles. The average molecular weight is 520 g/mol. The molecule has 1 fully saturated rings. The molecule has 10 nitrogen and oxygen atoms in total. The molecule has 38 heavy (non-hydrogen) atoms. The molecule has 1 aliphatic rings. The number of carbonyl (C=O) groups excluding carboxylic acids is 1. The van der Waals surface area contributed by atoms with Gasteiger partial charge < -0.3 is 29.6 Å². The first kappa shape index (κ1) is 25.4. The van der Waals surface area contributed by atoms with Gasteiger partial charge in [0.1, 0.15) is 23.0 Å². The number of halogens is 1. The second kappa shape index (κ2) is 11.0. The number of aromatic amines is 1. The van der Waals surface area contributed by atoms with Gasteiger partial charge in [0, 0.05) is 57.1 Å². The van der Waals surface area contributed by atoms with Gasteiger partial charge >= 0.3 is 0 Å². The molecule has 0 aliphatic carbocycles. The van der Waals surface area contributed by atoms with Crippen LogP contribution >= 0.6 is 0 Å². The van der Waals surface area contributed by atoms with Crippen molar-refractivity contribution in [3.63, 3.8) is 0 Å². The van der Waals surface area contributed by atoms with E-state index in [2.05, 4.69) is 30.1 Å². The fourth-order valence-electron chi connectivity index (χ4n) is 4.63. The topological polar surface area (TPSA) is 112 Å². The van der Waals surface area contributed by atoms with Crippen molar-refractivity contribution in [3.05, 3.63) is 66.5 Å². The molecule has 2 aromatic heterocycles. The molecule has 5 rings (SSSR count). The third-order valence-corrected chi connectivity index (χ3v) is 6.69. The third kappa shape index (κ3) is 5.24. The number of piperazine rings is 1. The first-order chi connectivity index (χ1) is 18.5. The van der Waals surface area contributed by atoms with Gasteiger partial charge in [0.15, 0.2) is 5.82 Å². The molecule has 0 atom stereocenters. The average Bonchev–Trinajstić information content (AvgIpc) is 3.57. The Morgan fingerprint density at radius 2 is 1.89 bits per heavy atom. The van der Waals surface area contributed by atoms with E-state index in [0.717, 1.165) is 37.4 Å². The van der Waals surface area contributed by atoms with Crippen LogP contribution in [0, 0.1) is 5.82 Å². The monoisotopic (exact) mass is 519 g/mol. The first-order valence-electron chi connectivity index (χ1n) is 12.4. The summed E-state index contributed by atoms with van der Waals surface area (Å²) in [5, 5.41) is 12.1. The van der Waals surface area contributed by atoms with Crippen LogP contribution in [-0.4, -0.2) is 81.9 Å². The highest BCUT2D eigenvalue weighted by molar-refractivity contribution is 6.04. The zero-order valence-corrected chi connectivity index (χ0v) is 21.3. The van der Waals surface area contributed by atoms with Crippen LogP contribution in [0.3, 0.4) is 0 Å². The fourth-order valence-corrected chi connectivity index (χ4v) is 4.63. The number of ether oxygens (including phenoxy) is 1. The van der Waals surface area contributed by atoms with E-state index in [4.69, 9.17) is 9.84 Å². The van der Waals surface area contributed by atoms with Crippen LogP contribution in [0.25, 0.3) is 22.8 Å². The fraction of sp³-hybridized carbons (Fsp3) is 0.296. The number of aliphatic hydroxyl groups excluding tert-OH is 1. The zero-order chi connectivity index (χ0) is 26.6. The van der Waals surface area contributed by atoms with E-state index in [0.29, 0.717) is 35.2 Å². The number of carbonyl (C=O) groups is 1. The Balaban J connectivity index is 1.31. The lowest BCUT2D eigenvalue weighted by atomic mass is 10.1. The summed E-state index contributed by atoms with van der Waals surface area (Å²) in [6.07, 6.45) is 3.12. The van der Waals surface area contributed by atoms with Crippen molar-refractivity contribution < 1.29 is 19.0 Å². The van der Waals surface area contributed by atoms with Crippen LogP contribution in [0.15, 0.2) is 55.0 Å². The Hall–Kier alpha value is -4.22. The number of nitrogens with one attached hydrogen (secondary N) is 2. The van der Waals surface area contributed by atoms with Gasteiger partial charge in [0.05, 0.1) is 37.6 Å². The SMILES string of the molecule is COc1cc(N2CCN(CCO)CC2)ccc1NC(=O)c1cnc(-c2c(-c3ccc(F)cc3)ncn2C)[nH]1. The van der Waals surface area contributed by atoms with E-state index in [-0.39, 0.29) is 24.0 Å². The van der Waals surface area contributed by atoms with Crippen LogP contribution < -0.4 is 15.0 Å². The second-order valence-electron chi connectivity index (χ2n) is 9.10. The van der Waals surface area contributed by atoms with Crippen molar-refractivity contribution in [2.45, 2.75) is 0 Å². The lowest BCUT2D eigenvalue weighted by Crippen LogP contribution is -2.47. The van der Waals surface area contributed by atoms with Crippen molar-refractivity contribution in [1.29, 1.82) is 0 Å². The summed E-state index contributed by atoms with van der Waals surface area (Å²) >= 11 is 0. The van der Waals surface area contributed by atoms with E-state index < -0.39 is 0 Å². The molecule has 3 N–H and O–H groups in total. The van der Waals surface area contributed by atoms with Crippen molar-refractivity contribution in [2.75, 3.05) is 56.7 Å². The highest BCUT2D eigenvalue weighted by atomic mass is 19.1. The van der Waals surface area contributed by atoms with E-state index >= 15 is 0 Å². The second-order valence-corrected chi connectivity index (χ2v) is 9.10. The molecule has 0 bridgehead atoms. The summed E-state index contributed by atoms with van der Waals surface area (Å²) in [6.45, 7) is 4.30. The number of rotatable bonds is 8. The molecule has 3 heterocycles. The van der Waals surface area contributed by atoms with Gasteiger partial charge in [-0.2, -0.15) is 0 Å². The lowest BCUT2D eigenvalue weighted by molar-refractivity contribution is 0.102.